The van der Waals surface area contributed by atoms with Crippen molar-refractivity contribution in [1.29, 1.82) is 0 Å². The van der Waals surface area contributed by atoms with E-state index in [0.717, 1.165) is 5.56 Å². The molecule has 0 aliphatic carbocycles. The Morgan fingerprint density at radius 2 is 1.80 bits per heavy atom. The minimum absolute atomic E-state index is 0.124. The van der Waals surface area contributed by atoms with Gasteiger partial charge in [0.25, 0.3) is 0 Å². The lowest BCUT2D eigenvalue weighted by molar-refractivity contribution is -0.136. The lowest BCUT2D eigenvalue weighted by Crippen LogP contribution is -2.20. The quantitative estimate of drug-likeness (QED) is 0.774. The second-order valence-corrected chi connectivity index (χ2v) is 6.21. The third-order valence-electron chi connectivity index (χ3n) is 3.95. The van der Waals surface area contributed by atoms with Gasteiger partial charge in [0.1, 0.15) is 11.3 Å². The van der Waals surface area contributed by atoms with Crippen molar-refractivity contribution in [3.8, 4) is 11.3 Å². The Kier molecular flexibility index (Phi) is 4.67. The molecule has 0 aliphatic heterocycles. The van der Waals surface area contributed by atoms with Gasteiger partial charge in [-0.05, 0) is 20.2 Å². The Labute approximate surface area is 145 Å². The van der Waals surface area contributed by atoms with Crippen molar-refractivity contribution in [2.24, 2.45) is 0 Å². The van der Waals surface area contributed by atoms with Crippen LogP contribution in [0.15, 0.2) is 57.7 Å². The van der Waals surface area contributed by atoms with Crippen molar-refractivity contribution in [3.05, 3.63) is 69.9 Å². The first-order valence-corrected chi connectivity index (χ1v) is 7.97. The van der Waals surface area contributed by atoms with E-state index in [0.29, 0.717) is 34.4 Å². The number of nitrogens with zero attached hydrogens (tertiary/aromatic N) is 1. The van der Waals surface area contributed by atoms with Crippen LogP contribution >= 0.6 is 0 Å². The number of rotatable bonds is 5. The van der Waals surface area contributed by atoms with Crippen molar-refractivity contribution in [1.82, 2.24) is 4.90 Å². The molecule has 0 aliphatic rings. The second-order valence-electron chi connectivity index (χ2n) is 6.21. The molecule has 0 saturated carbocycles. The fraction of sp³-hybridized carbons (Fsp3) is 0.200. The lowest BCUT2D eigenvalue weighted by Gasteiger charge is -2.15. The van der Waals surface area contributed by atoms with E-state index in [-0.39, 0.29) is 11.8 Å². The van der Waals surface area contributed by atoms with E-state index >= 15 is 0 Å². The minimum atomic E-state index is -0.964. The molecular weight excluding hydrogens is 318 g/mol. The molecule has 0 fully saturated rings. The molecule has 5 heteroatoms. The van der Waals surface area contributed by atoms with Gasteiger partial charge in [0.15, 0.2) is 5.43 Å². The van der Waals surface area contributed by atoms with Gasteiger partial charge in [0.05, 0.1) is 17.4 Å². The highest BCUT2D eigenvalue weighted by atomic mass is 16.4. The van der Waals surface area contributed by atoms with Crippen molar-refractivity contribution in [2.75, 3.05) is 14.1 Å². The van der Waals surface area contributed by atoms with Crippen molar-refractivity contribution in [3.63, 3.8) is 0 Å². The lowest BCUT2D eigenvalue weighted by atomic mass is 10.0. The number of carboxylic acid groups (broad SMARTS) is 1. The fourth-order valence-electron chi connectivity index (χ4n) is 2.90. The fourth-order valence-corrected chi connectivity index (χ4v) is 2.90. The van der Waals surface area contributed by atoms with Gasteiger partial charge in [0.2, 0.25) is 0 Å². The van der Waals surface area contributed by atoms with E-state index in [1.54, 1.807) is 18.2 Å². The smallest absolute Gasteiger partial charge is 0.307 e. The summed E-state index contributed by atoms with van der Waals surface area (Å²) in [6, 6.07) is 14.5. The average Bonchev–Trinajstić information content (AvgIpc) is 2.57. The van der Waals surface area contributed by atoms with E-state index in [9.17, 15) is 9.59 Å². The first-order valence-electron chi connectivity index (χ1n) is 7.97. The van der Waals surface area contributed by atoms with Crippen LogP contribution in [0.1, 0.15) is 11.1 Å². The molecule has 25 heavy (non-hydrogen) atoms. The summed E-state index contributed by atoms with van der Waals surface area (Å²) < 4.78 is 6.10. The Morgan fingerprint density at radius 3 is 2.44 bits per heavy atom. The van der Waals surface area contributed by atoms with Gasteiger partial charge in [-0.15, -0.1) is 0 Å². The van der Waals surface area contributed by atoms with Crippen LogP contribution in [0.25, 0.3) is 22.3 Å². The molecule has 0 spiro atoms. The maximum Gasteiger partial charge on any atom is 0.307 e. The highest BCUT2D eigenvalue weighted by Crippen LogP contribution is 2.28. The highest BCUT2D eigenvalue weighted by molar-refractivity contribution is 5.86. The van der Waals surface area contributed by atoms with Crippen molar-refractivity contribution < 1.29 is 14.3 Å². The van der Waals surface area contributed by atoms with E-state index < -0.39 is 5.97 Å². The molecule has 0 radical (unpaired) electrons. The van der Waals surface area contributed by atoms with Crippen LogP contribution in [0.3, 0.4) is 0 Å². The highest BCUT2D eigenvalue weighted by Gasteiger charge is 2.19. The number of benzene rings is 2. The molecule has 5 nitrogen and oxygen atoms in total. The topological polar surface area (TPSA) is 70.8 Å². The van der Waals surface area contributed by atoms with E-state index in [4.69, 9.17) is 9.52 Å². The number of carbonyl (C=O) groups is 1. The molecule has 1 N–H and O–H groups in total. The molecule has 0 saturated heterocycles. The standard InChI is InChI=1S/C20H19NO4/c1-21(2)12-16-18(24)15-10-6-9-14(11-17(22)23)20(15)25-19(16)13-7-4-3-5-8-13/h3-10H,11-12H2,1-2H3,(H,22,23). The third kappa shape index (κ3) is 3.46. The summed E-state index contributed by atoms with van der Waals surface area (Å²) in [5.41, 5.74) is 2.08. The van der Waals surface area contributed by atoms with E-state index in [1.807, 2.05) is 49.3 Å². The SMILES string of the molecule is CN(C)Cc1c(-c2ccccc2)oc2c(CC(=O)O)cccc2c1=O. The van der Waals surface area contributed by atoms with Gasteiger partial charge in [-0.3, -0.25) is 9.59 Å². The number of carboxylic acids is 1. The molecule has 128 valence electrons. The summed E-state index contributed by atoms with van der Waals surface area (Å²) in [6.45, 7) is 0.436. The van der Waals surface area contributed by atoms with E-state index in [1.165, 1.54) is 0 Å². The number of hydrogen-bond acceptors (Lipinski definition) is 4. The zero-order valence-corrected chi connectivity index (χ0v) is 14.2. The average molecular weight is 337 g/mol. The second kappa shape index (κ2) is 6.91. The Bertz CT molecular complexity index is 974. The molecule has 1 heterocycles. The van der Waals surface area contributed by atoms with Crippen molar-refractivity contribution in [2.45, 2.75) is 13.0 Å². The molecule has 0 bridgehead atoms. The first kappa shape index (κ1) is 16.9. The molecule has 2 aromatic carbocycles. The van der Waals surface area contributed by atoms with Gasteiger partial charge in [0, 0.05) is 17.7 Å². The van der Waals surface area contributed by atoms with Gasteiger partial charge in [-0.25, -0.2) is 0 Å². The van der Waals surface area contributed by atoms with Gasteiger partial charge in [-0.1, -0.05) is 42.5 Å². The number of aliphatic carboxylic acids is 1. The van der Waals surface area contributed by atoms with Crippen LogP contribution < -0.4 is 5.43 Å². The summed E-state index contributed by atoms with van der Waals surface area (Å²) in [5.74, 6) is -0.474. The van der Waals surface area contributed by atoms with Crippen LogP contribution in [-0.2, 0) is 17.8 Å². The molecular formula is C20H19NO4. The molecule has 3 aromatic rings. The van der Waals surface area contributed by atoms with Crippen molar-refractivity contribution >= 4 is 16.9 Å². The normalized spacial score (nSPS) is 11.2. The number of para-hydroxylation sites is 1. The van der Waals surface area contributed by atoms with Gasteiger partial charge < -0.3 is 14.4 Å². The Morgan fingerprint density at radius 1 is 1.08 bits per heavy atom. The van der Waals surface area contributed by atoms with Gasteiger partial charge >= 0.3 is 5.97 Å². The third-order valence-corrected chi connectivity index (χ3v) is 3.95. The summed E-state index contributed by atoms with van der Waals surface area (Å²) in [4.78, 5) is 26.1. The molecule has 0 atom stereocenters. The largest absolute Gasteiger partial charge is 0.481 e. The zero-order chi connectivity index (χ0) is 18.0. The molecule has 3 rings (SSSR count). The molecule has 0 unspecified atom stereocenters. The van der Waals surface area contributed by atoms with Crippen LogP contribution in [0.5, 0.6) is 0 Å². The maximum absolute atomic E-state index is 13.1. The monoisotopic (exact) mass is 337 g/mol. The summed E-state index contributed by atoms with van der Waals surface area (Å²) in [7, 11) is 3.78. The zero-order valence-electron chi connectivity index (χ0n) is 14.2. The van der Waals surface area contributed by atoms with Crippen LogP contribution in [0.4, 0.5) is 0 Å². The van der Waals surface area contributed by atoms with Crippen LogP contribution in [0.2, 0.25) is 0 Å². The molecule has 1 aromatic heterocycles. The summed E-state index contributed by atoms with van der Waals surface area (Å²) in [5, 5.41) is 9.54. The Hall–Kier alpha value is -2.92. The molecule has 0 amide bonds. The first-order chi connectivity index (χ1) is 12.0. The van der Waals surface area contributed by atoms with Crippen LogP contribution in [0, 0.1) is 0 Å². The van der Waals surface area contributed by atoms with E-state index in [2.05, 4.69) is 0 Å². The number of hydrogen-bond donors (Lipinski definition) is 1. The maximum atomic E-state index is 13.1. The Balaban J connectivity index is 2.34. The summed E-state index contributed by atoms with van der Waals surface area (Å²) >= 11 is 0. The van der Waals surface area contributed by atoms with Gasteiger partial charge in [-0.2, -0.15) is 0 Å². The number of fused-ring (bicyclic) bond motifs is 1. The van der Waals surface area contributed by atoms with Crippen LogP contribution in [-0.4, -0.2) is 30.1 Å². The predicted molar refractivity (Wildman–Crippen MR) is 96.7 cm³/mol. The minimum Gasteiger partial charge on any atom is -0.481 e. The predicted octanol–water partition coefficient (Wildman–Crippen LogP) is 3.15. The summed E-state index contributed by atoms with van der Waals surface area (Å²) in [6.07, 6.45) is -0.193.